The van der Waals surface area contributed by atoms with E-state index in [1.54, 1.807) is 16.7 Å². The Balaban J connectivity index is 1.64. The minimum atomic E-state index is -0.885. The molecule has 6 nitrogen and oxygen atoms in total. The minimum Gasteiger partial charge on any atom is -0.343 e. The van der Waals surface area contributed by atoms with E-state index < -0.39 is 5.54 Å². The van der Waals surface area contributed by atoms with Crippen LogP contribution >= 0.6 is 0 Å². The molecule has 30 heavy (non-hydrogen) atoms. The van der Waals surface area contributed by atoms with Crippen molar-refractivity contribution in [2.45, 2.75) is 45.3 Å². The van der Waals surface area contributed by atoms with Gasteiger partial charge in [0.1, 0.15) is 5.54 Å². The Hall–Kier alpha value is -3.15. The maximum Gasteiger partial charge on any atom is 0.328 e. The van der Waals surface area contributed by atoms with Crippen LogP contribution in [0.15, 0.2) is 54.6 Å². The van der Waals surface area contributed by atoms with Gasteiger partial charge in [-0.05, 0) is 30.9 Å². The first-order chi connectivity index (χ1) is 14.4. The van der Waals surface area contributed by atoms with Gasteiger partial charge in [0, 0.05) is 26.6 Å². The fraction of sp³-hybridized carbons (Fsp3) is 0.375. The van der Waals surface area contributed by atoms with Crippen LogP contribution in [0.1, 0.15) is 36.5 Å². The first-order valence-electron chi connectivity index (χ1n) is 10.4. The molecule has 0 saturated carbocycles. The van der Waals surface area contributed by atoms with Crippen LogP contribution in [0.2, 0.25) is 0 Å². The highest BCUT2D eigenvalue weighted by Crippen LogP contribution is 2.39. The monoisotopic (exact) mass is 405 g/mol. The number of urea groups is 1. The molecular weight excluding hydrogens is 378 g/mol. The normalized spacial score (nSPS) is 18.4. The highest BCUT2D eigenvalue weighted by atomic mass is 16.2. The molecule has 0 bridgehead atoms. The van der Waals surface area contributed by atoms with Crippen LogP contribution in [0.4, 0.5) is 4.79 Å². The zero-order valence-corrected chi connectivity index (χ0v) is 17.5. The van der Waals surface area contributed by atoms with Gasteiger partial charge in [-0.25, -0.2) is 4.79 Å². The summed E-state index contributed by atoms with van der Waals surface area (Å²) in [5.41, 5.74) is 2.17. The summed E-state index contributed by atoms with van der Waals surface area (Å²) in [5, 5.41) is 0. The van der Waals surface area contributed by atoms with Crippen molar-refractivity contribution in [1.29, 1.82) is 0 Å². The molecule has 4 rings (SSSR count). The van der Waals surface area contributed by atoms with Crippen molar-refractivity contribution >= 4 is 17.8 Å². The van der Waals surface area contributed by atoms with Gasteiger partial charge >= 0.3 is 6.03 Å². The van der Waals surface area contributed by atoms with Gasteiger partial charge in [0.2, 0.25) is 5.91 Å². The summed E-state index contributed by atoms with van der Waals surface area (Å²) in [4.78, 5) is 43.7. The number of piperidine rings is 1. The van der Waals surface area contributed by atoms with Crippen molar-refractivity contribution in [3.63, 3.8) is 0 Å². The third kappa shape index (κ3) is 3.58. The number of aryl methyl sites for hydroxylation is 1. The SMILES string of the molecule is CC(=O)N1CCC2(CC1)C(=O)N(Cc1ccc(C)cc1)C(=O)N2Cc1ccccc1. The topological polar surface area (TPSA) is 60.9 Å². The molecule has 0 radical (unpaired) electrons. The number of carbonyl (C=O) groups is 3. The Labute approximate surface area is 177 Å². The lowest BCUT2D eigenvalue weighted by atomic mass is 9.85. The van der Waals surface area contributed by atoms with Crippen molar-refractivity contribution in [1.82, 2.24) is 14.7 Å². The number of nitrogens with zero attached hydrogens (tertiary/aromatic N) is 3. The fourth-order valence-corrected chi connectivity index (χ4v) is 4.46. The number of imide groups is 1. The number of hydrogen-bond donors (Lipinski definition) is 0. The molecule has 156 valence electrons. The van der Waals surface area contributed by atoms with Gasteiger partial charge < -0.3 is 9.80 Å². The zero-order chi connectivity index (χ0) is 21.3. The standard InChI is InChI=1S/C24H27N3O3/c1-18-8-10-21(11-9-18)16-26-22(29)24(12-14-25(15-13-24)19(2)28)27(23(26)30)17-20-6-4-3-5-7-20/h3-11H,12-17H2,1-2H3. The van der Waals surface area contributed by atoms with Crippen LogP contribution in [0.25, 0.3) is 0 Å². The van der Waals surface area contributed by atoms with Crippen molar-refractivity contribution in [2.24, 2.45) is 0 Å². The molecule has 0 N–H and O–H groups in total. The van der Waals surface area contributed by atoms with Crippen molar-refractivity contribution in [3.05, 3.63) is 71.3 Å². The summed E-state index contributed by atoms with van der Waals surface area (Å²) < 4.78 is 0. The molecule has 2 fully saturated rings. The number of likely N-dealkylation sites (tertiary alicyclic amines) is 1. The van der Waals surface area contributed by atoms with Gasteiger partial charge in [-0.1, -0.05) is 60.2 Å². The molecule has 4 amide bonds. The Morgan fingerprint density at radius 3 is 2.10 bits per heavy atom. The maximum absolute atomic E-state index is 13.6. The van der Waals surface area contributed by atoms with Crippen LogP contribution in [0.5, 0.6) is 0 Å². The summed E-state index contributed by atoms with van der Waals surface area (Å²) in [5.74, 6) is -0.139. The van der Waals surface area contributed by atoms with Crippen LogP contribution < -0.4 is 0 Å². The molecule has 1 spiro atoms. The molecule has 2 aromatic rings. The first kappa shape index (κ1) is 20.1. The molecule has 2 aromatic carbocycles. The van der Waals surface area contributed by atoms with E-state index >= 15 is 0 Å². The van der Waals surface area contributed by atoms with E-state index in [1.165, 1.54) is 4.90 Å². The number of carbonyl (C=O) groups excluding carboxylic acids is 3. The Bertz CT molecular complexity index is 947. The third-order valence-corrected chi connectivity index (χ3v) is 6.30. The van der Waals surface area contributed by atoms with Gasteiger partial charge in [0.15, 0.2) is 0 Å². The lowest BCUT2D eigenvalue weighted by Gasteiger charge is -2.42. The van der Waals surface area contributed by atoms with Gasteiger partial charge in [-0.3, -0.25) is 14.5 Å². The number of benzene rings is 2. The molecule has 6 heteroatoms. The predicted octanol–water partition coefficient (Wildman–Crippen LogP) is 3.34. The summed E-state index contributed by atoms with van der Waals surface area (Å²) in [6, 6.07) is 17.4. The summed E-state index contributed by atoms with van der Waals surface area (Å²) in [7, 11) is 0. The molecule has 0 atom stereocenters. The quantitative estimate of drug-likeness (QED) is 0.733. The van der Waals surface area contributed by atoms with Crippen LogP contribution in [0.3, 0.4) is 0 Å². The van der Waals surface area contributed by atoms with Gasteiger partial charge in [0.25, 0.3) is 5.91 Å². The molecule has 0 unspecified atom stereocenters. The van der Waals surface area contributed by atoms with E-state index in [9.17, 15) is 14.4 Å². The van der Waals surface area contributed by atoms with E-state index in [0.29, 0.717) is 32.5 Å². The first-order valence-corrected chi connectivity index (χ1v) is 10.4. The fourth-order valence-electron chi connectivity index (χ4n) is 4.46. The molecule has 0 aromatic heterocycles. The number of hydrogen-bond acceptors (Lipinski definition) is 3. The minimum absolute atomic E-state index is 0.00717. The molecule has 2 saturated heterocycles. The summed E-state index contributed by atoms with van der Waals surface area (Å²) in [6.45, 7) is 5.17. The molecule has 2 heterocycles. The van der Waals surface area contributed by atoms with E-state index in [0.717, 1.165) is 16.7 Å². The van der Waals surface area contributed by atoms with E-state index in [4.69, 9.17) is 0 Å². The number of amides is 4. The molecule has 0 aliphatic carbocycles. The van der Waals surface area contributed by atoms with Crippen molar-refractivity contribution in [2.75, 3.05) is 13.1 Å². The second-order valence-corrected chi connectivity index (χ2v) is 8.27. The highest BCUT2D eigenvalue weighted by Gasteiger charge is 2.57. The smallest absolute Gasteiger partial charge is 0.328 e. The Morgan fingerprint density at radius 2 is 1.50 bits per heavy atom. The van der Waals surface area contributed by atoms with Crippen molar-refractivity contribution < 1.29 is 14.4 Å². The second-order valence-electron chi connectivity index (χ2n) is 8.27. The molecule has 2 aliphatic rings. The summed E-state index contributed by atoms with van der Waals surface area (Å²) >= 11 is 0. The predicted molar refractivity (Wildman–Crippen MR) is 113 cm³/mol. The van der Waals surface area contributed by atoms with Gasteiger partial charge in [-0.15, -0.1) is 0 Å². The maximum atomic E-state index is 13.6. The van der Waals surface area contributed by atoms with Gasteiger partial charge in [0.05, 0.1) is 6.54 Å². The summed E-state index contributed by atoms with van der Waals surface area (Å²) in [6.07, 6.45) is 0.933. The average Bonchev–Trinajstić information content (AvgIpc) is 2.93. The Kier molecular flexibility index (Phi) is 5.33. The largest absolute Gasteiger partial charge is 0.343 e. The zero-order valence-electron chi connectivity index (χ0n) is 17.5. The lowest BCUT2D eigenvalue weighted by molar-refractivity contribution is -0.140. The Morgan fingerprint density at radius 1 is 0.900 bits per heavy atom. The van der Waals surface area contributed by atoms with Gasteiger partial charge in [-0.2, -0.15) is 0 Å². The second kappa shape index (κ2) is 7.94. The van der Waals surface area contributed by atoms with Crippen LogP contribution in [-0.2, 0) is 22.7 Å². The van der Waals surface area contributed by atoms with Crippen molar-refractivity contribution in [3.8, 4) is 0 Å². The molecule has 2 aliphatic heterocycles. The average molecular weight is 405 g/mol. The lowest BCUT2D eigenvalue weighted by Crippen LogP contribution is -2.56. The third-order valence-electron chi connectivity index (χ3n) is 6.30. The number of rotatable bonds is 4. The van der Waals surface area contributed by atoms with Crippen LogP contribution in [-0.4, -0.2) is 51.2 Å². The van der Waals surface area contributed by atoms with E-state index in [1.807, 2.05) is 61.5 Å². The van der Waals surface area contributed by atoms with Crippen LogP contribution in [0, 0.1) is 6.92 Å². The highest BCUT2D eigenvalue weighted by molar-refractivity contribution is 6.07. The van der Waals surface area contributed by atoms with E-state index in [-0.39, 0.29) is 24.4 Å². The van der Waals surface area contributed by atoms with E-state index in [2.05, 4.69) is 0 Å². The molecular formula is C24H27N3O3.